The molecule has 8 nitrogen and oxygen atoms in total. The summed E-state index contributed by atoms with van der Waals surface area (Å²) < 4.78 is 7.59. The van der Waals surface area contributed by atoms with Crippen LogP contribution in [-0.4, -0.2) is 40.1 Å². The average Bonchev–Trinajstić information content (AvgIpc) is 3.02. The molecule has 1 amide bonds. The number of carbonyl (C=O) groups excluding carboxylic acids is 1. The van der Waals surface area contributed by atoms with Gasteiger partial charge in [0, 0.05) is 49.8 Å². The van der Waals surface area contributed by atoms with Crippen molar-refractivity contribution in [2.75, 3.05) is 24.6 Å². The lowest BCUT2D eigenvalue weighted by Crippen LogP contribution is -2.34. The van der Waals surface area contributed by atoms with Crippen LogP contribution in [0.25, 0.3) is 11.3 Å². The highest BCUT2D eigenvalue weighted by Crippen LogP contribution is 2.26. The summed E-state index contributed by atoms with van der Waals surface area (Å²) in [7, 11) is 1.72. The van der Waals surface area contributed by atoms with Gasteiger partial charge in [-0.15, -0.1) is 0 Å². The molecule has 2 N–H and O–H groups in total. The van der Waals surface area contributed by atoms with E-state index in [1.165, 1.54) is 6.07 Å². The third kappa shape index (κ3) is 4.08. The first-order valence-electron chi connectivity index (χ1n) is 9.78. The van der Waals surface area contributed by atoms with Gasteiger partial charge in [0.2, 0.25) is 11.9 Å². The lowest BCUT2D eigenvalue weighted by molar-refractivity contribution is 0.0685. The second kappa shape index (κ2) is 8.46. The quantitative estimate of drug-likeness (QED) is 0.711. The first-order valence-corrected chi connectivity index (χ1v) is 9.78. The number of hydrogen-bond acceptors (Lipinski definition) is 6. The van der Waals surface area contributed by atoms with Crippen LogP contribution in [0.1, 0.15) is 28.4 Å². The third-order valence-corrected chi connectivity index (χ3v) is 5.19. The zero-order chi connectivity index (χ0) is 21.1. The molecular formula is C22H23N5O3. The van der Waals surface area contributed by atoms with Gasteiger partial charge < -0.3 is 15.4 Å². The fraction of sp³-hybridized carbons (Fsp3) is 0.273. The molecular weight excluding hydrogens is 382 g/mol. The van der Waals surface area contributed by atoms with Gasteiger partial charge in [0.1, 0.15) is 6.10 Å². The Morgan fingerprint density at radius 2 is 2.00 bits per heavy atom. The number of ether oxygens (including phenoxy) is 1. The number of carbonyl (C=O) groups is 1. The lowest BCUT2D eigenvalue weighted by atomic mass is 10.1. The molecule has 0 aliphatic carbocycles. The zero-order valence-corrected chi connectivity index (χ0v) is 16.7. The van der Waals surface area contributed by atoms with Crippen molar-refractivity contribution in [3.63, 3.8) is 0 Å². The SMILES string of the molecule is Cn1c(N2CCCO[C@@H](c3cccc(C(N)=O)c3)C2)nc(-c2ccncc2)cc1=O. The Bertz CT molecular complexity index is 1110. The van der Waals surface area contributed by atoms with Crippen LogP contribution in [0.3, 0.4) is 0 Å². The molecule has 1 saturated heterocycles. The third-order valence-electron chi connectivity index (χ3n) is 5.19. The molecule has 4 rings (SSSR count). The van der Waals surface area contributed by atoms with E-state index in [1.54, 1.807) is 42.2 Å². The van der Waals surface area contributed by atoms with Crippen molar-refractivity contribution in [2.24, 2.45) is 12.8 Å². The molecule has 30 heavy (non-hydrogen) atoms. The van der Waals surface area contributed by atoms with Gasteiger partial charge in [0.15, 0.2) is 0 Å². The van der Waals surface area contributed by atoms with Crippen molar-refractivity contribution in [1.29, 1.82) is 0 Å². The van der Waals surface area contributed by atoms with Gasteiger partial charge >= 0.3 is 0 Å². The number of aromatic nitrogens is 3. The summed E-state index contributed by atoms with van der Waals surface area (Å²) in [4.78, 5) is 35.1. The molecule has 1 aromatic carbocycles. The predicted octanol–water partition coefficient (Wildman–Crippen LogP) is 1.91. The van der Waals surface area contributed by atoms with Crippen molar-refractivity contribution in [1.82, 2.24) is 14.5 Å². The van der Waals surface area contributed by atoms with Crippen LogP contribution in [0.5, 0.6) is 0 Å². The maximum Gasteiger partial charge on any atom is 0.255 e. The van der Waals surface area contributed by atoms with Gasteiger partial charge in [-0.2, -0.15) is 0 Å². The summed E-state index contributed by atoms with van der Waals surface area (Å²) in [6, 6.07) is 12.3. The van der Waals surface area contributed by atoms with E-state index >= 15 is 0 Å². The summed E-state index contributed by atoms with van der Waals surface area (Å²) in [6.07, 6.45) is 3.88. The second-order valence-corrected chi connectivity index (χ2v) is 7.22. The van der Waals surface area contributed by atoms with Crippen molar-refractivity contribution in [2.45, 2.75) is 12.5 Å². The number of primary amides is 1. The van der Waals surface area contributed by atoms with Gasteiger partial charge in [-0.3, -0.25) is 19.1 Å². The smallest absolute Gasteiger partial charge is 0.255 e. The van der Waals surface area contributed by atoms with Crippen molar-refractivity contribution < 1.29 is 9.53 Å². The average molecular weight is 405 g/mol. The number of pyridine rings is 1. The molecule has 3 heterocycles. The first kappa shape index (κ1) is 19.8. The van der Waals surface area contributed by atoms with Gasteiger partial charge in [-0.05, 0) is 36.2 Å². The van der Waals surface area contributed by atoms with Crippen LogP contribution in [0.4, 0.5) is 5.95 Å². The van der Waals surface area contributed by atoms with E-state index in [1.807, 2.05) is 18.2 Å². The molecule has 3 aromatic rings. The first-order chi connectivity index (χ1) is 14.5. The van der Waals surface area contributed by atoms with Crippen LogP contribution in [0.15, 0.2) is 59.7 Å². The Kier molecular flexibility index (Phi) is 5.58. The number of amides is 1. The maximum atomic E-state index is 12.6. The van der Waals surface area contributed by atoms with E-state index in [0.29, 0.717) is 36.9 Å². The molecule has 0 radical (unpaired) electrons. The Morgan fingerprint density at radius 1 is 1.20 bits per heavy atom. The molecule has 0 bridgehead atoms. The van der Waals surface area contributed by atoms with Gasteiger partial charge in [-0.25, -0.2) is 4.98 Å². The molecule has 1 aliphatic heterocycles. The van der Waals surface area contributed by atoms with E-state index in [-0.39, 0.29) is 11.7 Å². The molecule has 0 unspecified atom stereocenters. The Hall–Kier alpha value is -3.52. The minimum Gasteiger partial charge on any atom is -0.372 e. The lowest BCUT2D eigenvalue weighted by Gasteiger charge is -2.27. The second-order valence-electron chi connectivity index (χ2n) is 7.22. The van der Waals surface area contributed by atoms with Gasteiger partial charge in [0.25, 0.3) is 5.56 Å². The monoisotopic (exact) mass is 405 g/mol. The Balaban J connectivity index is 1.69. The van der Waals surface area contributed by atoms with Crippen LogP contribution in [0, 0.1) is 0 Å². The zero-order valence-electron chi connectivity index (χ0n) is 16.7. The van der Waals surface area contributed by atoms with E-state index in [9.17, 15) is 9.59 Å². The van der Waals surface area contributed by atoms with E-state index in [2.05, 4.69) is 9.88 Å². The Labute approximate surface area is 173 Å². The summed E-state index contributed by atoms with van der Waals surface area (Å²) in [5, 5.41) is 0. The fourth-order valence-electron chi connectivity index (χ4n) is 3.58. The van der Waals surface area contributed by atoms with Crippen molar-refractivity contribution >= 4 is 11.9 Å². The number of rotatable bonds is 4. The summed E-state index contributed by atoms with van der Waals surface area (Å²) >= 11 is 0. The molecule has 1 aliphatic rings. The molecule has 1 atom stereocenters. The predicted molar refractivity (Wildman–Crippen MR) is 113 cm³/mol. The molecule has 8 heteroatoms. The van der Waals surface area contributed by atoms with Crippen molar-refractivity contribution in [3.05, 3.63) is 76.3 Å². The highest BCUT2D eigenvalue weighted by Gasteiger charge is 2.24. The topological polar surface area (TPSA) is 103 Å². The largest absolute Gasteiger partial charge is 0.372 e. The van der Waals surface area contributed by atoms with E-state index < -0.39 is 5.91 Å². The van der Waals surface area contributed by atoms with Gasteiger partial charge in [0.05, 0.1) is 12.2 Å². The minimum absolute atomic E-state index is 0.135. The summed E-state index contributed by atoms with van der Waals surface area (Å²) in [5.74, 6) is 0.104. The van der Waals surface area contributed by atoms with Crippen LogP contribution >= 0.6 is 0 Å². The molecule has 1 fully saturated rings. The normalized spacial score (nSPS) is 16.8. The summed E-state index contributed by atoms with van der Waals surface area (Å²) in [5.41, 5.74) is 8.04. The van der Waals surface area contributed by atoms with Gasteiger partial charge in [-0.1, -0.05) is 12.1 Å². The van der Waals surface area contributed by atoms with E-state index in [4.69, 9.17) is 15.5 Å². The summed E-state index contributed by atoms with van der Waals surface area (Å²) in [6.45, 7) is 1.77. The standard InChI is InChI=1S/C22H23N5O3/c1-26-20(28)13-18(15-6-8-24-9-7-15)25-22(26)27-10-3-11-30-19(14-27)16-4-2-5-17(12-16)21(23)29/h2,4-9,12-13,19H,3,10-11,14H2,1H3,(H2,23,29)/t19-/m1/s1. The van der Waals surface area contributed by atoms with Crippen LogP contribution < -0.4 is 16.2 Å². The highest BCUT2D eigenvalue weighted by atomic mass is 16.5. The number of anilines is 1. The molecule has 0 spiro atoms. The highest BCUT2D eigenvalue weighted by molar-refractivity contribution is 5.92. The number of hydrogen-bond donors (Lipinski definition) is 1. The molecule has 0 saturated carbocycles. The number of benzene rings is 1. The number of nitrogens with two attached hydrogens (primary N) is 1. The molecule has 2 aromatic heterocycles. The minimum atomic E-state index is -0.476. The van der Waals surface area contributed by atoms with Crippen molar-refractivity contribution in [3.8, 4) is 11.3 Å². The van der Waals surface area contributed by atoms with Crippen LogP contribution in [-0.2, 0) is 11.8 Å². The number of nitrogens with zero attached hydrogens (tertiary/aromatic N) is 4. The fourth-order valence-corrected chi connectivity index (χ4v) is 3.58. The maximum absolute atomic E-state index is 12.6. The van der Waals surface area contributed by atoms with Crippen LogP contribution in [0.2, 0.25) is 0 Å². The van der Waals surface area contributed by atoms with E-state index in [0.717, 1.165) is 17.5 Å². The Morgan fingerprint density at radius 3 is 2.77 bits per heavy atom. The molecule has 154 valence electrons.